The molecule has 0 N–H and O–H groups in total. The largest absolute Gasteiger partial charge is 0.418 e. The van der Waals surface area contributed by atoms with Crippen molar-refractivity contribution in [1.29, 1.82) is 5.26 Å². The third-order valence-corrected chi connectivity index (χ3v) is 5.94. The zero-order valence-electron chi connectivity index (χ0n) is 12.8. The monoisotopic (exact) mass is 346 g/mol. The Balaban J connectivity index is 2.44. The van der Waals surface area contributed by atoms with Crippen LogP contribution in [0, 0.1) is 11.3 Å². The zero-order chi connectivity index (χ0) is 17.4. The molecule has 0 saturated carbocycles. The van der Waals surface area contributed by atoms with Crippen LogP contribution in [0.3, 0.4) is 0 Å². The van der Waals surface area contributed by atoms with E-state index in [0.717, 1.165) is 6.07 Å². The molecular formula is C15H17F3N2O2S. The molecule has 1 atom stereocenters. The van der Waals surface area contributed by atoms with Crippen molar-refractivity contribution in [3.63, 3.8) is 0 Å². The maximum atomic E-state index is 13.3. The van der Waals surface area contributed by atoms with Gasteiger partial charge in [-0.3, -0.25) is 0 Å². The van der Waals surface area contributed by atoms with E-state index >= 15 is 0 Å². The number of hydrogen-bond donors (Lipinski definition) is 0. The average Bonchev–Trinajstić information content (AvgIpc) is 2.88. The lowest BCUT2D eigenvalue weighted by atomic mass is 9.99. The summed E-state index contributed by atoms with van der Waals surface area (Å²) in [4.78, 5) is 1.68. The molecule has 1 aromatic carbocycles. The number of sulfone groups is 1. The number of alkyl halides is 3. The maximum absolute atomic E-state index is 13.3. The summed E-state index contributed by atoms with van der Waals surface area (Å²) in [7, 11) is -3.23. The minimum absolute atomic E-state index is 0.000785. The summed E-state index contributed by atoms with van der Waals surface area (Å²) in [5.41, 5.74) is -0.843. The van der Waals surface area contributed by atoms with Gasteiger partial charge in [0.15, 0.2) is 9.84 Å². The van der Waals surface area contributed by atoms with E-state index in [1.165, 1.54) is 6.07 Å². The third kappa shape index (κ3) is 3.44. The van der Waals surface area contributed by atoms with Gasteiger partial charge < -0.3 is 4.90 Å². The Bertz CT molecular complexity index is 751. The molecule has 4 nitrogen and oxygen atoms in total. The first-order valence-corrected chi connectivity index (χ1v) is 9.03. The van der Waals surface area contributed by atoms with Crippen molar-refractivity contribution < 1.29 is 21.6 Å². The van der Waals surface area contributed by atoms with Crippen LogP contribution in [0.1, 0.15) is 30.5 Å². The van der Waals surface area contributed by atoms with Crippen molar-refractivity contribution in [3.05, 3.63) is 28.8 Å². The van der Waals surface area contributed by atoms with E-state index in [-0.39, 0.29) is 23.5 Å². The highest BCUT2D eigenvalue weighted by Gasteiger charge is 2.40. The molecule has 1 aromatic rings. The molecule has 8 heteroatoms. The van der Waals surface area contributed by atoms with Crippen LogP contribution in [-0.2, 0) is 22.4 Å². The van der Waals surface area contributed by atoms with Gasteiger partial charge in [-0.1, -0.05) is 6.92 Å². The lowest BCUT2D eigenvalue weighted by Crippen LogP contribution is -2.37. The van der Waals surface area contributed by atoms with Crippen LogP contribution in [0.4, 0.5) is 18.9 Å². The minimum Gasteiger partial charge on any atom is -0.367 e. The van der Waals surface area contributed by atoms with Gasteiger partial charge in [-0.05, 0) is 31.0 Å². The first-order valence-electron chi connectivity index (χ1n) is 7.21. The number of rotatable bonds is 4. The Morgan fingerprint density at radius 1 is 1.39 bits per heavy atom. The van der Waals surface area contributed by atoms with Crippen LogP contribution in [0.5, 0.6) is 0 Å². The lowest BCUT2D eigenvalue weighted by molar-refractivity contribution is -0.138. The smallest absolute Gasteiger partial charge is 0.367 e. The van der Waals surface area contributed by atoms with Crippen molar-refractivity contribution in [2.45, 2.75) is 32.5 Å². The quantitative estimate of drug-likeness (QED) is 0.841. The van der Waals surface area contributed by atoms with Gasteiger partial charge in [-0.2, -0.15) is 18.4 Å². The lowest BCUT2D eigenvalue weighted by Gasteiger charge is -2.27. The number of fused-ring (bicyclic) bond motifs is 1. The van der Waals surface area contributed by atoms with Crippen molar-refractivity contribution in [2.75, 3.05) is 23.0 Å². The molecule has 0 spiro atoms. The predicted molar refractivity (Wildman–Crippen MR) is 81.0 cm³/mol. The van der Waals surface area contributed by atoms with E-state index in [2.05, 4.69) is 0 Å². The summed E-state index contributed by atoms with van der Waals surface area (Å²) in [5.74, 6) is -0.108. The van der Waals surface area contributed by atoms with Gasteiger partial charge in [0.25, 0.3) is 0 Å². The predicted octanol–water partition coefficient (Wildman–Crippen LogP) is 2.76. The molecule has 0 bridgehead atoms. The first-order chi connectivity index (χ1) is 10.6. The molecule has 1 heterocycles. The van der Waals surface area contributed by atoms with Gasteiger partial charge in [0.2, 0.25) is 0 Å². The van der Waals surface area contributed by atoms with E-state index in [1.807, 2.05) is 0 Å². The second kappa shape index (κ2) is 6.04. The molecule has 2 rings (SSSR count). The second-order valence-corrected chi connectivity index (χ2v) is 7.98. The molecule has 0 saturated heterocycles. The Labute approximate surface area is 133 Å². The Hall–Kier alpha value is -1.75. The minimum atomic E-state index is -4.61. The zero-order valence-corrected chi connectivity index (χ0v) is 13.6. The van der Waals surface area contributed by atoms with Crippen LogP contribution in [0.25, 0.3) is 0 Å². The number of hydrogen-bond acceptors (Lipinski definition) is 4. The molecule has 0 radical (unpaired) electrons. The normalized spacial score (nSPS) is 16.1. The molecule has 0 fully saturated rings. The summed E-state index contributed by atoms with van der Waals surface area (Å²) in [6.45, 7) is 3.54. The van der Waals surface area contributed by atoms with Crippen LogP contribution in [0.15, 0.2) is 12.1 Å². The standard InChI is InChI=1S/C15H17F3N2O2S/c1-3-23(21,22)9-10(2)20-7-6-12-13(20)5-4-11(8-19)14(12)15(16,17)18/h4-5,10H,3,6-7,9H2,1-2H3. The van der Waals surface area contributed by atoms with E-state index < -0.39 is 33.2 Å². The summed E-state index contributed by atoms with van der Waals surface area (Å²) in [5, 5.41) is 8.93. The molecule has 1 unspecified atom stereocenters. The van der Waals surface area contributed by atoms with Crippen molar-refractivity contribution in [1.82, 2.24) is 0 Å². The van der Waals surface area contributed by atoms with E-state index in [9.17, 15) is 21.6 Å². The summed E-state index contributed by atoms with van der Waals surface area (Å²) in [6.07, 6.45) is -4.46. The summed E-state index contributed by atoms with van der Waals surface area (Å²) < 4.78 is 63.3. The first kappa shape index (κ1) is 17.6. The fraction of sp³-hybridized carbons (Fsp3) is 0.533. The molecule has 0 aliphatic carbocycles. The summed E-state index contributed by atoms with van der Waals surface area (Å²) >= 11 is 0. The molecular weight excluding hydrogens is 329 g/mol. The molecule has 23 heavy (non-hydrogen) atoms. The highest BCUT2D eigenvalue weighted by atomic mass is 32.2. The van der Waals surface area contributed by atoms with Crippen molar-refractivity contribution in [2.24, 2.45) is 0 Å². The van der Waals surface area contributed by atoms with Crippen molar-refractivity contribution >= 4 is 15.5 Å². The molecule has 0 aromatic heterocycles. The van der Waals surface area contributed by atoms with Gasteiger partial charge in [0, 0.05) is 24.0 Å². The topological polar surface area (TPSA) is 61.2 Å². The second-order valence-electron chi connectivity index (χ2n) is 5.59. The maximum Gasteiger partial charge on any atom is 0.418 e. The highest BCUT2D eigenvalue weighted by molar-refractivity contribution is 7.91. The molecule has 1 aliphatic rings. The number of nitriles is 1. The van der Waals surface area contributed by atoms with Gasteiger partial charge >= 0.3 is 6.18 Å². The third-order valence-electron chi connectivity index (χ3n) is 4.07. The van der Waals surface area contributed by atoms with E-state index in [4.69, 9.17) is 5.26 Å². The van der Waals surface area contributed by atoms with Crippen LogP contribution >= 0.6 is 0 Å². The molecule has 0 amide bonds. The van der Waals surface area contributed by atoms with Crippen LogP contribution in [-0.4, -0.2) is 32.5 Å². The molecule has 126 valence electrons. The average molecular weight is 346 g/mol. The Morgan fingerprint density at radius 2 is 2.04 bits per heavy atom. The number of halogens is 3. The highest BCUT2D eigenvalue weighted by Crippen LogP contribution is 2.42. The fourth-order valence-electron chi connectivity index (χ4n) is 2.96. The Morgan fingerprint density at radius 3 is 2.57 bits per heavy atom. The van der Waals surface area contributed by atoms with Gasteiger partial charge in [-0.15, -0.1) is 0 Å². The van der Waals surface area contributed by atoms with E-state index in [0.29, 0.717) is 12.2 Å². The summed E-state index contributed by atoms with van der Waals surface area (Å²) in [6, 6.07) is 3.80. The SMILES string of the molecule is CCS(=O)(=O)CC(C)N1CCc2c1ccc(C#N)c2C(F)(F)F. The van der Waals surface area contributed by atoms with Crippen LogP contribution in [0.2, 0.25) is 0 Å². The molecule has 1 aliphatic heterocycles. The number of anilines is 1. The van der Waals surface area contributed by atoms with Gasteiger partial charge in [0.1, 0.15) is 0 Å². The number of benzene rings is 1. The van der Waals surface area contributed by atoms with E-state index in [1.54, 1.807) is 24.8 Å². The number of nitrogens with zero attached hydrogens (tertiary/aromatic N) is 2. The van der Waals surface area contributed by atoms with Crippen LogP contribution < -0.4 is 4.90 Å². The van der Waals surface area contributed by atoms with Gasteiger partial charge in [0.05, 0.1) is 22.9 Å². The Kier molecular flexibility index (Phi) is 4.62. The fourth-order valence-corrected chi connectivity index (χ4v) is 4.11. The van der Waals surface area contributed by atoms with Gasteiger partial charge in [-0.25, -0.2) is 8.42 Å². The van der Waals surface area contributed by atoms with Crippen molar-refractivity contribution in [3.8, 4) is 6.07 Å².